The predicted octanol–water partition coefficient (Wildman–Crippen LogP) is 2.98. The van der Waals surface area contributed by atoms with E-state index in [1.807, 2.05) is 0 Å². The highest BCUT2D eigenvalue weighted by Gasteiger charge is 2.21. The minimum atomic E-state index is -1.39. The molecule has 36 heavy (non-hydrogen) atoms. The van der Waals surface area contributed by atoms with Gasteiger partial charge in [-0.1, -0.05) is 23.7 Å². The van der Waals surface area contributed by atoms with Gasteiger partial charge in [-0.05, 0) is 66.2 Å². The Balaban J connectivity index is 1.51. The third kappa shape index (κ3) is 7.74. The molecule has 3 aromatic carbocycles. The van der Waals surface area contributed by atoms with Crippen molar-refractivity contribution in [3.63, 3.8) is 0 Å². The number of nitrogens with one attached hydrogen (secondary N) is 4. The van der Waals surface area contributed by atoms with E-state index in [0.717, 1.165) is 5.56 Å². The van der Waals surface area contributed by atoms with E-state index in [0.29, 0.717) is 16.3 Å². The topological polar surface area (TPSA) is 157 Å². The van der Waals surface area contributed by atoms with Crippen molar-refractivity contribution >= 4 is 41.1 Å². The number of aromatic hydroxyl groups is 1. The summed E-state index contributed by atoms with van der Waals surface area (Å²) in [5.41, 5.74) is 1.60. The molecule has 4 amide bonds. The molecule has 0 spiro atoms. The van der Waals surface area contributed by atoms with Gasteiger partial charge in [0.05, 0.1) is 6.54 Å². The smallest absolute Gasteiger partial charge is 0.328 e. The van der Waals surface area contributed by atoms with Crippen LogP contribution in [0.3, 0.4) is 0 Å². The summed E-state index contributed by atoms with van der Waals surface area (Å²) < 4.78 is 0. The fraction of sp³-hybridized carbons (Fsp3) is 0.120. The van der Waals surface area contributed by atoms with Crippen molar-refractivity contribution in [2.75, 3.05) is 11.9 Å². The average molecular weight is 511 g/mol. The summed E-state index contributed by atoms with van der Waals surface area (Å²) in [5.74, 6) is -2.31. The molecular weight excluding hydrogens is 488 g/mol. The summed E-state index contributed by atoms with van der Waals surface area (Å²) in [6.07, 6.45) is 0. The first-order valence-electron chi connectivity index (χ1n) is 10.7. The van der Waals surface area contributed by atoms with Gasteiger partial charge in [0, 0.05) is 28.4 Å². The van der Waals surface area contributed by atoms with Crippen molar-refractivity contribution in [2.45, 2.75) is 12.6 Å². The highest BCUT2D eigenvalue weighted by atomic mass is 35.5. The van der Waals surface area contributed by atoms with Crippen LogP contribution >= 0.6 is 11.6 Å². The summed E-state index contributed by atoms with van der Waals surface area (Å²) in [6.45, 7) is -0.162. The van der Waals surface area contributed by atoms with E-state index in [9.17, 15) is 29.4 Å². The first-order valence-corrected chi connectivity index (χ1v) is 11.1. The fourth-order valence-corrected chi connectivity index (χ4v) is 3.19. The van der Waals surface area contributed by atoms with E-state index < -0.39 is 23.9 Å². The SMILES string of the molecule is O=C(NCC(NC(=O)c1ccc(C(=O)NCc2cccc(O)c2)cc1)C(=O)O)Nc1ccc(Cl)cc1. The first-order chi connectivity index (χ1) is 17.2. The lowest BCUT2D eigenvalue weighted by atomic mass is 10.1. The molecular formula is C25H23ClN4O6. The van der Waals surface area contributed by atoms with Gasteiger partial charge >= 0.3 is 12.0 Å². The number of carbonyl (C=O) groups excluding carboxylic acids is 3. The van der Waals surface area contributed by atoms with Crippen molar-refractivity contribution in [1.29, 1.82) is 0 Å². The number of carboxylic acid groups (broad SMARTS) is 1. The molecule has 0 saturated heterocycles. The van der Waals surface area contributed by atoms with Crippen LogP contribution in [-0.4, -0.2) is 46.6 Å². The lowest BCUT2D eigenvalue weighted by Gasteiger charge is -2.16. The van der Waals surface area contributed by atoms with Crippen LogP contribution in [0.2, 0.25) is 5.02 Å². The second-order valence-corrected chi connectivity index (χ2v) is 8.07. The summed E-state index contributed by atoms with van der Waals surface area (Å²) in [5, 5.41) is 29.4. The zero-order chi connectivity index (χ0) is 26.1. The van der Waals surface area contributed by atoms with Gasteiger partial charge in [0.2, 0.25) is 0 Å². The molecule has 0 aromatic heterocycles. The van der Waals surface area contributed by atoms with E-state index in [2.05, 4.69) is 21.3 Å². The van der Waals surface area contributed by atoms with Crippen molar-refractivity contribution in [1.82, 2.24) is 16.0 Å². The predicted molar refractivity (Wildman–Crippen MR) is 133 cm³/mol. The molecule has 0 radical (unpaired) electrons. The molecule has 6 N–H and O–H groups in total. The number of aliphatic carboxylic acids is 1. The van der Waals surface area contributed by atoms with Crippen molar-refractivity contribution in [3.8, 4) is 5.75 Å². The van der Waals surface area contributed by atoms with Gasteiger partial charge in [0.25, 0.3) is 11.8 Å². The van der Waals surface area contributed by atoms with Crippen molar-refractivity contribution in [2.24, 2.45) is 0 Å². The number of rotatable bonds is 9. The van der Waals surface area contributed by atoms with Crippen LogP contribution in [0.15, 0.2) is 72.8 Å². The Morgan fingerprint density at radius 1 is 0.833 bits per heavy atom. The number of phenolic OH excluding ortho intramolecular Hbond substituents is 1. The lowest BCUT2D eigenvalue weighted by Crippen LogP contribution is -2.49. The van der Waals surface area contributed by atoms with Gasteiger partial charge in [-0.15, -0.1) is 0 Å². The maximum Gasteiger partial charge on any atom is 0.328 e. The maximum atomic E-state index is 12.5. The van der Waals surface area contributed by atoms with Gasteiger partial charge in [-0.2, -0.15) is 0 Å². The number of carboxylic acids is 1. The molecule has 0 aliphatic rings. The summed E-state index contributed by atoms with van der Waals surface area (Å²) >= 11 is 5.79. The van der Waals surface area contributed by atoms with Crippen LogP contribution in [0.5, 0.6) is 5.75 Å². The van der Waals surface area contributed by atoms with Gasteiger partial charge in [0.1, 0.15) is 11.8 Å². The van der Waals surface area contributed by atoms with Crippen LogP contribution in [0.1, 0.15) is 26.3 Å². The molecule has 0 bridgehead atoms. The van der Waals surface area contributed by atoms with Crippen LogP contribution in [0.25, 0.3) is 0 Å². The largest absolute Gasteiger partial charge is 0.508 e. The van der Waals surface area contributed by atoms with E-state index in [1.54, 1.807) is 36.4 Å². The Kier molecular flexibility index (Phi) is 8.84. The molecule has 0 aliphatic heterocycles. The van der Waals surface area contributed by atoms with Gasteiger partial charge < -0.3 is 31.5 Å². The van der Waals surface area contributed by atoms with Crippen LogP contribution < -0.4 is 21.3 Å². The molecule has 1 atom stereocenters. The molecule has 3 aromatic rings. The fourth-order valence-electron chi connectivity index (χ4n) is 3.07. The van der Waals surface area contributed by atoms with Gasteiger partial charge in [-0.3, -0.25) is 9.59 Å². The number of anilines is 1. The number of hydrogen-bond donors (Lipinski definition) is 6. The quantitative estimate of drug-likeness (QED) is 0.260. The standard InChI is InChI=1S/C25H23ClN4O6/c26-18-8-10-19(11-9-18)29-25(36)28-14-21(24(34)35)30-23(33)17-6-4-16(5-7-17)22(32)27-13-15-2-1-3-20(31)12-15/h1-12,21,31H,13-14H2,(H,27,32)(H,30,33)(H,34,35)(H2,28,29,36). The number of phenols is 1. The average Bonchev–Trinajstić information content (AvgIpc) is 2.86. The molecule has 186 valence electrons. The van der Waals surface area contributed by atoms with E-state index in [4.69, 9.17) is 11.6 Å². The van der Waals surface area contributed by atoms with Gasteiger partial charge in [-0.25, -0.2) is 9.59 Å². The number of urea groups is 1. The second-order valence-electron chi connectivity index (χ2n) is 7.64. The Bertz CT molecular complexity index is 1250. The van der Waals surface area contributed by atoms with Crippen LogP contribution in [-0.2, 0) is 11.3 Å². The van der Waals surface area contributed by atoms with Crippen molar-refractivity contribution < 1.29 is 29.4 Å². The minimum absolute atomic E-state index is 0.0918. The Hall–Kier alpha value is -4.57. The molecule has 0 heterocycles. The summed E-state index contributed by atoms with van der Waals surface area (Å²) in [6, 6.07) is 16.4. The number of hydrogen-bond acceptors (Lipinski definition) is 5. The van der Waals surface area contributed by atoms with E-state index in [-0.39, 0.29) is 30.3 Å². The molecule has 0 fully saturated rings. The van der Waals surface area contributed by atoms with E-state index >= 15 is 0 Å². The Morgan fingerprint density at radius 2 is 1.47 bits per heavy atom. The number of carbonyl (C=O) groups is 4. The molecule has 10 nitrogen and oxygen atoms in total. The van der Waals surface area contributed by atoms with E-state index in [1.165, 1.54) is 36.4 Å². The molecule has 0 aliphatic carbocycles. The Labute approximate surface area is 211 Å². The van der Waals surface area contributed by atoms with Gasteiger partial charge in [0.15, 0.2) is 0 Å². The Morgan fingerprint density at radius 3 is 2.08 bits per heavy atom. The third-order valence-electron chi connectivity index (χ3n) is 4.95. The zero-order valence-corrected chi connectivity index (χ0v) is 19.6. The zero-order valence-electron chi connectivity index (χ0n) is 18.8. The summed E-state index contributed by atoms with van der Waals surface area (Å²) in [7, 11) is 0. The maximum absolute atomic E-state index is 12.5. The molecule has 1 unspecified atom stereocenters. The van der Waals surface area contributed by atoms with Crippen LogP contribution in [0, 0.1) is 0 Å². The first kappa shape index (κ1) is 26.0. The normalized spacial score (nSPS) is 11.1. The number of benzene rings is 3. The monoisotopic (exact) mass is 510 g/mol. The summed E-state index contributed by atoms with van der Waals surface area (Å²) in [4.78, 5) is 48.4. The van der Waals surface area contributed by atoms with Crippen LogP contribution in [0.4, 0.5) is 10.5 Å². The molecule has 3 rings (SSSR count). The van der Waals surface area contributed by atoms with Crippen molar-refractivity contribution in [3.05, 3.63) is 94.5 Å². The highest BCUT2D eigenvalue weighted by Crippen LogP contribution is 2.13. The number of halogens is 1. The highest BCUT2D eigenvalue weighted by molar-refractivity contribution is 6.30. The molecule has 11 heteroatoms. The second kappa shape index (κ2) is 12.2. The minimum Gasteiger partial charge on any atom is -0.508 e. The molecule has 0 saturated carbocycles. The number of amides is 4. The third-order valence-corrected chi connectivity index (χ3v) is 5.20. The lowest BCUT2D eigenvalue weighted by molar-refractivity contribution is -0.139.